The second kappa shape index (κ2) is 10.9. The van der Waals surface area contributed by atoms with Crippen LogP contribution in [0.2, 0.25) is 0 Å². The van der Waals surface area contributed by atoms with E-state index in [2.05, 4.69) is 26.8 Å². The molecule has 25 heavy (non-hydrogen) atoms. The van der Waals surface area contributed by atoms with E-state index in [0.29, 0.717) is 6.04 Å². The van der Waals surface area contributed by atoms with Gasteiger partial charge in [0.05, 0.1) is 13.2 Å². The van der Waals surface area contributed by atoms with Crippen LogP contribution in [0.4, 0.5) is 0 Å². The van der Waals surface area contributed by atoms with Gasteiger partial charge in [-0.25, -0.2) is 4.99 Å². The maximum atomic E-state index is 11.8. The zero-order valence-corrected chi connectivity index (χ0v) is 16.6. The fourth-order valence-corrected chi connectivity index (χ4v) is 3.87. The molecule has 2 fully saturated rings. The molecule has 1 amide bonds. The maximum Gasteiger partial charge on any atom is 0.243 e. The number of carbonyl (C=O) groups excluding carboxylic acids is 1. The highest BCUT2D eigenvalue weighted by molar-refractivity contribution is 7.99. The number of likely N-dealkylation sites (N-methyl/N-ethyl adjacent to an activating group) is 1. The molecule has 0 bridgehead atoms. The lowest BCUT2D eigenvalue weighted by Gasteiger charge is -2.27. The molecule has 1 saturated carbocycles. The summed E-state index contributed by atoms with van der Waals surface area (Å²) >= 11 is 1.94. The van der Waals surface area contributed by atoms with Crippen LogP contribution in [0.25, 0.3) is 0 Å². The van der Waals surface area contributed by atoms with Crippen molar-refractivity contribution >= 4 is 23.6 Å². The first-order valence-electron chi connectivity index (χ1n) is 9.16. The van der Waals surface area contributed by atoms with Crippen molar-refractivity contribution in [1.29, 1.82) is 0 Å². The van der Waals surface area contributed by atoms with Gasteiger partial charge in [0.2, 0.25) is 5.91 Å². The molecule has 2 atom stereocenters. The Morgan fingerprint density at radius 1 is 1.32 bits per heavy atom. The van der Waals surface area contributed by atoms with E-state index >= 15 is 0 Å². The van der Waals surface area contributed by atoms with E-state index in [-0.39, 0.29) is 12.5 Å². The third kappa shape index (κ3) is 7.42. The van der Waals surface area contributed by atoms with Gasteiger partial charge in [-0.05, 0) is 25.5 Å². The topological polar surface area (TPSA) is 69.2 Å². The standard InChI is InChI=1S/C17H33N5O2S/c1-21(2)16(23)13-19-17(20-14-4-5-15(12-14)25-3)18-6-7-22-8-10-24-11-9-22/h14-15H,4-13H2,1-3H3,(H2,18,19,20). The quantitative estimate of drug-likeness (QED) is 0.493. The molecule has 1 saturated heterocycles. The van der Waals surface area contributed by atoms with Crippen LogP contribution in [0.15, 0.2) is 4.99 Å². The molecular formula is C17H33N5O2S. The highest BCUT2D eigenvalue weighted by atomic mass is 32.2. The average Bonchev–Trinajstić information content (AvgIpc) is 3.07. The summed E-state index contributed by atoms with van der Waals surface area (Å²) in [5.74, 6) is 0.776. The van der Waals surface area contributed by atoms with Gasteiger partial charge in [-0.15, -0.1) is 0 Å². The molecule has 7 nitrogen and oxygen atoms in total. The minimum absolute atomic E-state index is 0.0164. The molecule has 0 radical (unpaired) electrons. The number of amides is 1. The third-order valence-corrected chi connectivity index (χ3v) is 5.85. The summed E-state index contributed by atoms with van der Waals surface area (Å²) in [6.45, 7) is 5.56. The number of nitrogens with one attached hydrogen (secondary N) is 2. The van der Waals surface area contributed by atoms with Crippen LogP contribution < -0.4 is 10.6 Å². The van der Waals surface area contributed by atoms with Gasteiger partial charge in [0.15, 0.2) is 5.96 Å². The highest BCUT2D eigenvalue weighted by Crippen LogP contribution is 2.27. The number of carbonyl (C=O) groups is 1. The molecule has 0 spiro atoms. The monoisotopic (exact) mass is 371 g/mol. The maximum absolute atomic E-state index is 11.8. The molecule has 2 aliphatic rings. The van der Waals surface area contributed by atoms with Crippen molar-refractivity contribution in [3.8, 4) is 0 Å². The summed E-state index contributed by atoms with van der Waals surface area (Å²) in [4.78, 5) is 20.3. The zero-order chi connectivity index (χ0) is 18.1. The van der Waals surface area contributed by atoms with Crippen molar-refractivity contribution < 1.29 is 9.53 Å². The predicted octanol–water partition coefficient (Wildman–Crippen LogP) is 0.226. The lowest BCUT2D eigenvalue weighted by molar-refractivity contribution is -0.127. The van der Waals surface area contributed by atoms with Gasteiger partial charge in [0.25, 0.3) is 0 Å². The van der Waals surface area contributed by atoms with Crippen molar-refractivity contribution in [2.24, 2.45) is 4.99 Å². The number of hydrogen-bond donors (Lipinski definition) is 2. The Kier molecular flexibility index (Phi) is 8.84. The van der Waals surface area contributed by atoms with Gasteiger partial charge in [-0.1, -0.05) is 0 Å². The van der Waals surface area contributed by atoms with E-state index in [9.17, 15) is 4.79 Å². The number of thioether (sulfide) groups is 1. The van der Waals surface area contributed by atoms with Gasteiger partial charge < -0.3 is 20.3 Å². The smallest absolute Gasteiger partial charge is 0.243 e. The van der Waals surface area contributed by atoms with Crippen LogP contribution in [-0.2, 0) is 9.53 Å². The van der Waals surface area contributed by atoms with E-state index in [4.69, 9.17) is 4.74 Å². The first-order valence-corrected chi connectivity index (χ1v) is 10.4. The number of morpholine rings is 1. The highest BCUT2D eigenvalue weighted by Gasteiger charge is 2.24. The van der Waals surface area contributed by atoms with Gasteiger partial charge in [0, 0.05) is 51.6 Å². The van der Waals surface area contributed by atoms with Gasteiger partial charge in [0.1, 0.15) is 6.54 Å². The summed E-state index contributed by atoms with van der Waals surface area (Å²) in [6.07, 6.45) is 5.75. The Morgan fingerprint density at radius 3 is 2.72 bits per heavy atom. The molecule has 144 valence electrons. The van der Waals surface area contributed by atoms with Gasteiger partial charge in [-0.3, -0.25) is 9.69 Å². The fourth-order valence-electron chi connectivity index (χ4n) is 3.08. The Bertz CT molecular complexity index is 441. The third-order valence-electron chi connectivity index (χ3n) is 4.75. The first-order chi connectivity index (χ1) is 12.1. The van der Waals surface area contributed by atoms with E-state index in [1.54, 1.807) is 19.0 Å². The number of rotatable bonds is 7. The number of guanidine groups is 1. The molecule has 1 heterocycles. The van der Waals surface area contributed by atoms with Crippen LogP contribution in [-0.4, -0.2) is 99.2 Å². The van der Waals surface area contributed by atoms with E-state index < -0.39 is 0 Å². The largest absolute Gasteiger partial charge is 0.379 e. The van der Waals surface area contributed by atoms with Crippen LogP contribution in [0, 0.1) is 0 Å². The lowest BCUT2D eigenvalue weighted by atomic mass is 10.2. The van der Waals surface area contributed by atoms with Crippen molar-refractivity contribution in [3.63, 3.8) is 0 Å². The van der Waals surface area contributed by atoms with Crippen LogP contribution in [0.5, 0.6) is 0 Å². The Balaban J connectivity index is 1.82. The number of nitrogens with zero attached hydrogens (tertiary/aromatic N) is 3. The molecule has 2 N–H and O–H groups in total. The predicted molar refractivity (Wildman–Crippen MR) is 104 cm³/mol. The van der Waals surface area contributed by atoms with Crippen LogP contribution in [0.3, 0.4) is 0 Å². The molecule has 2 rings (SSSR count). The molecule has 8 heteroatoms. The molecule has 0 aromatic carbocycles. The summed E-state index contributed by atoms with van der Waals surface area (Å²) in [5, 5.41) is 7.66. The van der Waals surface area contributed by atoms with Gasteiger partial charge in [-0.2, -0.15) is 11.8 Å². The van der Waals surface area contributed by atoms with E-state index in [1.165, 1.54) is 6.42 Å². The summed E-state index contributed by atoms with van der Waals surface area (Å²) < 4.78 is 5.38. The number of ether oxygens (including phenoxy) is 1. The Labute approximate surface area is 155 Å². The molecule has 1 aliphatic heterocycles. The molecule has 0 aromatic heterocycles. The number of hydrogen-bond acceptors (Lipinski definition) is 5. The fraction of sp³-hybridized carbons (Fsp3) is 0.882. The van der Waals surface area contributed by atoms with Crippen LogP contribution >= 0.6 is 11.8 Å². The lowest BCUT2D eigenvalue weighted by Crippen LogP contribution is -2.47. The second-order valence-corrected chi connectivity index (χ2v) is 7.98. The zero-order valence-electron chi connectivity index (χ0n) is 15.8. The summed E-state index contributed by atoms with van der Waals surface area (Å²) in [7, 11) is 3.52. The Hall–Kier alpha value is -0.990. The molecule has 0 aromatic rings. The SMILES string of the molecule is CSC1CCC(NC(=NCC(=O)N(C)C)NCCN2CCOCC2)C1. The molecular weight excluding hydrogens is 338 g/mol. The minimum Gasteiger partial charge on any atom is -0.379 e. The van der Waals surface area contributed by atoms with Crippen molar-refractivity contribution in [1.82, 2.24) is 20.4 Å². The normalized spacial score (nSPS) is 25.0. The van der Waals surface area contributed by atoms with Gasteiger partial charge >= 0.3 is 0 Å². The van der Waals surface area contributed by atoms with E-state index in [0.717, 1.165) is 63.4 Å². The summed E-state index contributed by atoms with van der Waals surface area (Å²) in [6, 6.07) is 0.446. The summed E-state index contributed by atoms with van der Waals surface area (Å²) in [5.41, 5.74) is 0. The molecule has 1 aliphatic carbocycles. The van der Waals surface area contributed by atoms with Crippen LogP contribution in [0.1, 0.15) is 19.3 Å². The Morgan fingerprint density at radius 2 is 2.08 bits per heavy atom. The van der Waals surface area contributed by atoms with Crippen molar-refractivity contribution in [2.45, 2.75) is 30.6 Å². The van der Waals surface area contributed by atoms with E-state index in [1.807, 2.05) is 11.8 Å². The second-order valence-electron chi connectivity index (χ2n) is 6.85. The first kappa shape index (κ1) is 20.3. The van der Waals surface area contributed by atoms with Crippen molar-refractivity contribution in [3.05, 3.63) is 0 Å². The number of aliphatic imine (C=N–C) groups is 1. The average molecular weight is 372 g/mol. The minimum atomic E-state index is 0.0164. The van der Waals surface area contributed by atoms with Crippen molar-refractivity contribution in [2.75, 3.05) is 66.3 Å². The molecule has 2 unspecified atom stereocenters.